The van der Waals surface area contributed by atoms with Crippen molar-refractivity contribution in [1.82, 2.24) is 20.6 Å². The van der Waals surface area contributed by atoms with E-state index >= 15 is 0 Å². The van der Waals surface area contributed by atoms with Gasteiger partial charge in [-0.1, -0.05) is 0 Å². The third-order valence-corrected chi connectivity index (χ3v) is 12.6. The van der Waals surface area contributed by atoms with E-state index in [9.17, 15) is 0 Å². The minimum absolute atomic E-state index is 1.16. The van der Waals surface area contributed by atoms with Gasteiger partial charge < -0.3 is 0 Å². The molecule has 1 heterocycles. The molecule has 0 amide bonds. The Morgan fingerprint density at radius 1 is 0.850 bits per heavy atom. The van der Waals surface area contributed by atoms with Crippen LogP contribution in [0.2, 0.25) is 0 Å². The Bertz CT molecular complexity index is 339. The molecule has 5 heteroatoms. The Balaban J connectivity index is 3.20. The molecule has 0 aromatic carbocycles. The van der Waals surface area contributed by atoms with E-state index in [4.69, 9.17) is 0 Å². The number of rotatable bonds is 11. The molecule has 0 unspecified atom stereocenters. The van der Waals surface area contributed by atoms with Crippen LogP contribution in [0.15, 0.2) is 0 Å². The second-order valence-electron chi connectivity index (χ2n) is 6.25. The van der Waals surface area contributed by atoms with Gasteiger partial charge in [-0.2, -0.15) is 0 Å². The van der Waals surface area contributed by atoms with Crippen LogP contribution < -0.4 is 5.57 Å². The fourth-order valence-electron chi connectivity index (χ4n) is 3.42. The van der Waals surface area contributed by atoms with E-state index in [1.165, 1.54) is 63.2 Å². The summed E-state index contributed by atoms with van der Waals surface area (Å²) >= 11 is 0. The summed E-state index contributed by atoms with van der Waals surface area (Å²) in [5.41, 5.74) is 1.16. The molecule has 0 fully saturated rings. The number of hydrogen-bond acceptors (Lipinski definition) is 3. The Morgan fingerprint density at radius 3 is 1.65 bits per heavy atom. The Hall–Kier alpha value is -0.500. The maximum atomic E-state index is 4.43. The third kappa shape index (κ3) is 3.58. The molecule has 0 atom stereocenters. The molecule has 0 aliphatic heterocycles. The molecule has 20 heavy (non-hydrogen) atoms. The van der Waals surface area contributed by atoms with Crippen LogP contribution in [0.3, 0.4) is 0 Å². The third-order valence-electron chi connectivity index (χ3n) is 5.06. The second kappa shape index (κ2) is 8.07. The molecular weight excluding hydrogens is 267 g/mol. The van der Waals surface area contributed by atoms with Gasteiger partial charge in [0.2, 0.25) is 0 Å². The van der Waals surface area contributed by atoms with E-state index in [0.717, 1.165) is 5.57 Å². The van der Waals surface area contributed by atoms with Crippen molar-refractivity contribution >= 4 is 12.2 Å². The van der Waals surface area contributed by atoms with Gasteiger partial charge in [0.25, 0.3) is 0 Å². The predicted molar refractivity (Wildman–Crippen MR) is 90.6 cm³/mol. The van der Waals surface area contributed by atoms with E-state index in [0.29, 0.717) is 0 Å². The van der Waals surface area contributed by atoms with Gasteiger partial charge in [0, 0.05) is 0 Å². The van der Waals surface area contributed by atoms with Gasteiger partial charge in [0.05, 0.1) is 0 Å². The van der Waals surface area contributed by atoms with Crippen molar-refractivity contribution in [3.8, 4) is 0 Å². The number of H-pyrrole nitrogens is 1. The summed E-state index contributed by atoms with van der Waals surface area (Å²) in [4.78, 5) is 0. The first kappa shape index (κ1) is 17.6. The normalized spacial score (nSPS) is 14.1. The van der Waals surface area contributed by atoms with Crippen molar-refractivity contribution in [2.24, 2.45) is 0 Å². The number of hydrogen-bond donors (Lipinski definition) is 1. The molecule has 1 N–H and O–H groups in total. The number of aromatic nitrogens is 4. The topological polar surface area (TPSA) is 54.5 Å². The molecule has 0 saturated carbocycles. The number of nitrogens with one attached hydrogen (secondary N) is 1. The first-order chi connectivity index (χ1) is 9.67. The molecule has 4 nitrogen and oxygen atoms in total. The first-order valence-corrected chi connectivity index (χ1v) is 11.4. The van der Waals surface area contributed by atoms with Crippen molar-refractivity contribution in [1.29, 1.82) is 0 Å². The van der Waals surface area contributed by atoms with Crippen LogP contribution in [0.5, 0.6) is 0 Å². The quantitative estimate of drug-likeness (QED) is 0.632. The molecule has 0 saturated heterocycles. The summed E-state index contributed by atoms with van der Waals surface area (Å²) in [5.74, 6) is 0. The fourth-order valence-corrected chi connectivity index (χ4v) is 10.0. The number of unbranched alkanes of at least 4 members (excludes halogenated alkanes) is 3. The Kier molecular flexibility index (Phi) is 7.08. The van der Waals surface area contributed by atoms with Crippen molar-refractivity contribution in [3.63, 3.8) is 0 Å². The van der Waals surface area contributed by atoms with Gasteiger partial charge >= 0.3 is 124 Å². The zero-order valence-corrected chi connectivity index (χ0v) is 14.8. The van der Waals surface area contributed by atoms with Crippen molar-refractivity contribution < 1.29 is 0 Å². The van der Waals surface area contributed by atoms with E-state index in [2.05, 4.69) is 48.3 Å². The summed E-state index contributed by atoms with van der Waals surface area (Å²) in [6.45, 7) is 7.26. The second-order valence-corrected chi connectivity index (χ2v) is 12.6. The average Bonchev–Trinajstić information content (AvgIpc) is 3.03. The molecule has 118 valence electrons. The van der Waals surface area contributed by atoms with Gasteiger partial charge in [0.1, 0.15) is 0 Å². The summed E-state index contributed by atoms with van der Waals surface area (Å²) in [7, 11) is 0. The van der Waals surface area contributed by atoms with Crippen LogP contribution in [0.4, 0.5) is 0 Å². The van der Waals surface area contributed by atoms with Crippen LogP contribution in [-0.4, -0.2) is 45.3 Å². The van der Waals surface area contributed by atoms with Crippen molar-refractivity contribution in [2.45, 2.75) is 66.2 Å². The zero-order chi connectivity index (χ0) is 14.9. The zero-order valence-electron chi connectivity index (χ0n) is 13.9. The van der Waals surface area contributed by atoms with Crippen LogP contribution in [-0.2, 0) is 0 Å². The van der Waals surface area contributed by atoms with Crippen molar-refractivity contribution in [3.05, 3.63) is 0 Å². The monoisotopic (exact) mass is 300 g/mol. The fraction of sp³-hybridized carbons (Fsp3) is 0.933. The van der Waals surface area contributed by atoms with Gasteiger partial charge in [-0.25, -0.2) is 0 Å². The van der Waals surface area contributed by atoms with Gasteiger partial charge in [-0.05, 0) is 0 Å². The molecule has 1 aromatic rings. The minimum atomic E-state index is -1.99. The molecule has 1 rings (SSSR count). The number of nitrogens with zero attached hydrogens (tertiary/aromatic N) is 3. The number of tetrazole rings is 1. The summed E-state index contributed by atoms with van der Waals surface area (Å²) in [6.07, 6.45) is 12.9. The van der Waals surface area contributed by atoms with E-state index < -0.39 is 6.60 Å². The Labute approximate surface area is 124 Å². The molecule has 1 aromatic heterocycles. The molecule has 0 bridgehead atoms. The van der Waals surface area contributed by atoms with Gasteiger partial charge in [0.15, 0.2) is 0 Å². The van der Waals surface area contributed by atoms with E-state index in [-0.39, 0.29) is 0 Å². The average molecular weight is 300 g/mol. The van der Waals surface area contributed by atoms with Crippen LogP contribution in [0, 0.1) is 0 Å². The van der Waals surface area contributed by atoms with E-state index in [1.54, 1.807) is 0 Å². The molecule has 0 spiro atoms. The van der Waals surface area contributed by atoms with Crippen LogP contribution >= 0.6 is 6.60 Å². The molecular formula is C15H33N4P. The number of aromatic amines is 1. The van der Waals surface area contributed by atoms with Crippen molar-refractivity contribution in [2.75, 3.05) is 24.6 Å². The van der Waals surface area contributed by atoms with Gasteiger partial charge in [-0.15, -0.1) is 0 Å². The van der Waals surface area contributed by atoms with Crippen LogP contribution in [0.25, 0.3) is 0 Å². The summed E-state index contributed by atoms with van der Waals surface area (Å²) in [6, 6.07) is 0. The van der Waals surface area contributed by atoms with Gasteiger partial charge in [-0.3, -0.25) is 0 Å². The Morgan fingerprint density at radius 2 is 1.35 bits per heavy atom. The SMILES string of the molecule is CCCCP(CC)(CCCC)(CCCC)c1nnn[nH]1. The molecule has 0 radical (unpaired) electrons. The summed E-state index contributed by atoms with van der Waals surface area (Å²) < 4.78 is 0. The standard InChI is InChI=1S/C15H33N4P/c1-5-9-12-20(8-4,13-10-6-2,14-11-7-3)15-16-18-19-17-15/h5-14H2,1-4H3,(H,16,17,18,19). The molecule has 0 aliphatic rings. The maximum absolute atomic E-state index is 4.43. The summed E-state index contributed by atoms with van der Waals surface area (Å²) in [5, 5.41) is 15.4. The first-order valence-electron chi connectivity index (χ1n) is 8.41. The van der Waals surface area contributed by atoms with E-state index in [1.807, 2.05) is 0 Å². The predicted octanol–water partition coefficient (Wildman–Crippen LogP) is 3.80. The van der Waals surface area contributed by atoms with Crippen LogP contribution in [0.1, 0.15) is 66.2 Å². The molecule has 0 aliphatic carbocycles.